The van der Waals surface area contributed by atoms with Crippen molar-refractivity contribution in [3.63, 3.8) is 0 Å². The van der Waals surface area contributed by atoms with Crippen molar-refractivity contribution in [2.75, 3.05) is 0 Å². The van der Waals surface area contributed by atoms with Gasteiger partial charge >= 0.3 is 0 Å². The Labute approximate surface area is 205 Å². The first kappa shape index (κ1) is 20.9. The predicted molar refractivity (Wildman–Crippen MR) is 136 cm³/mol. The summed E-state index contributed by atoms with van der Waals surface area (Å²) in [5, 5.41) is 1.08. The molecule has 1 N–H and O–H groups in total. The summed E-state index contributed by atoms with van der Waals surface area (Å²) in [6, 6.07) is 30.3. The fourth-order valence-corrected chi connectivity index (χ4v) is 5.19. The maximum Gasteiger partial charge on any atom is 0.255 e. The molecule has 0 saturated heterocycles. The molecule has 4 aromatic carbocycles. The second-order valence-corrected chi connectivity index (χ2v) is 9.43. The van der Waals surface area contributed by atoms with Gasteiger partial charge in [0, 0.05) is 33.0 Å². The predicted octanol–water partition coefficient (Wildman–Crippen LogP) is 7.48. The largest absolute Gasteiger partial charge is 0.354 e. The fourth-order valence-electron chi connectivity index (χ4n) is 4.92. The van der Waals surface area contributed by atoms with Crippen LogP contribution in [0.25, 0.3) is 22.2 Å². The summed E-state index contributed by atoms with van der Waals surface area (Å²) >= 11 is 3.53. The van der Waals surface area contributed by atoms with Gasteiger partial charge in [0.1, 0.15) is 5.82 Å². The number of benzene rings is 4. The van der Waals surface area contributed by atoms with Crippen molar-refractivity contribution >= 4 is 32.7 Å². The second kappa shape index (κ2) is 8.26. The molecule has 3 nitrogen and oxygen atoms in total. The minimum Gasteiger partial charge on any atom is -0.354 e. The molecular formula is C29H20BrFN2O. The Morgan fingerprint density at radius 1 is 0.853 bits per heavy atom. The van der Waals surface area contributed by atoms with Crippen LogP contribution in [0, 0.1) is 5.82 Å². The van der Waals surface area contributed by atoms with Crippen molar-refractivity contribution in [3.8, 4) is 11.3 Å². The number of H-pyrrole nitrogens is 1. The molecule has 1 unspecified atom stereocenters. The summed E-state index contributed by atoms with van der Waals surface area (Å²) in [5.74, 6) is -0.303. The Bertz CT molecular complexity index is 1520. The van der Waals surface area contributed by atoms with Gasteiger partial charge in [-0.2, -0.15) is 0 Å². The van der Waals surface area contributed by atoms with Crippen molar-refractivity contribution in [1.82, 2.24) is 9.88 Å². The number of carbonyl (C=O) groups excluding carboxylic acids is 1. The van der Waals surface area contributed by atoms with E-state index in [-0.39, 0.29) is 17.8 Å². The molecule has 1 amide bonds. The van der Waals surface area contributed by atoms with Gasteiger partial charge < -0.3 is 9.88 Å². The quantitative estimate of drug-likeness (QED) is 0.267. The zero-order valence-electron chi connectivity index (χ0n) is 18.1. The van der Waals surface area contributed by atoms with E-state index in [0.717, 1.165) is 43.3 Å². The molecule has 5 aromatic rings. The summed E-state index contributed by atoms with van der Waals surface area (Å²) in [4.78, 5) is 19.1. The first-order chi connectivity index (χ1) is 16.6. The molecule has 2 heterocycles. The summed E-state index contributed by atoms with van der Waals surface area (Å²) in [5.41, 5.74) is 6.71. The molecule has 0 aliphatic carbocycles. The van der Waals surface area contributed by atoms with Crippen LogP contribution in [0.5, 0.6) is 0 Å². The number of amides is 1. The smallest absolute Gasteiger partial charge is 0.255 e. The third kappa shape index (κ3) is 3.44. The summed E-state index contributed by atoms with van der Waals surface area (Å²) in [7, 11) is 0. The van der Waals surface area contributed by atoms with Crippen LogP contribution in [-0.4, -0.2) is 15.8 Å². The van der Waals surface area contributed by atoms with Gasteiger partial charge in [0.15, 0.2) is 0 Å². The minimum atomic E-state index is -0.287. The molecule has 166 valence electrons. The van der Waals surface area contributed by atoms with Crippen molar-refractivity contribution in [3.05, 3.63) is 130 Å². The van der Waals surface area contributed by atoms with Gasteiger partial charge in [0.25, 0.3) is 5.91 Å². The van der Waals surface area contributed by atoms with E-state index >= 15 is 0 Å². The number of aromatic amines is 1. The maximum atomic E-state index is 13.6. The molecule has 5 heteroatoms. The SMILES string of the molecule is O=C1c2ccccc2C(c2c(-c3ccc(Br)cc3)[nH]c3ccccc23)N1Cc1ccc(F)cc1. The topological polar surface area (TPSA) is 36.1 Å². The Kier molecular flexibility index (Phi) is 5.07. The molecule has 1 atom stereocenters. The first-order valence-electron chi connectivity index (χ1n) is 11.1. The Morgan fingerprint density at radius 2 is 1.56 bits per heavy atom. The van der Waals surface area contributed by atoms with E-state index in [4.69, 9.17) is 0 Å². The van der Waals surface area contributed by atoms with Crippen molar-refractivity contribution in [2.24, 2.45) is 0 Å². The summed E-state index contributed by atoms with van der Waals surface area (Å²) in [6.07, 6.45) is 0. The number of nitrogens with zero attached hydrogens (tertiary/aromatic N) is 1. The van der Waals surface area contributed by atoms with E-state index in [1.165, 1.54) is 12.1 Å². The lowest BCUT2D eigenvalue weighted by Crippen LogP contribution is -2.28. The van der Waals surface area contributed by atoms with Gasteiger partial charge in [-0.05, 0) is 53.1 Å². The lowest BCUT2D eigenvalue weighted by Gasteiger charge is -2.27. The molecule has 0 radical (unpaired) electrons. The van der Waals surface area contributed by atoms with Crippen LogP contribution < -0.4 is 0 Å². The molecule has 0 fully saturated rings. The van der Waals surface area contributed by atoms with Gasteiger partial charge in [0.05, 0.1) is 11.7 Å². The molecule has 1 aromatic heterocycles. The Hall–Kier alpha value is -3.70. The zero-order chi connectivity index (χ0) is 23.2. The average molecular weight is 511 g/mol. The highest BCUT2D eigenvalue weighted by Gasteiger charge is 2.40. The van der Waals surface area contributed by atoms with Crippen LogP contribution in [0.15, 0.2) is 102 Å². The molecule has 0 bridgehead atoms. The van der Waals surface area contributed by atoms with E-state index in [1.807, 2.05) is 53.4 Å². The molecule has 1 aliphatic rings. The molecule has 1 aliphatic heterocycles. The van der Waals surface area contributed by atoms with Crippen LogP contribution in [0.2, 0.25) is 0 Å². The number of hydrogen-bond donors (Lipinski definition) is 1. The molecule has 0 saturated carbocycles. The number of fused-ring (bicyclic) bond motifs is 2. The van der Waals surface area contributed by atoms with Gasteiger partial charge in [-0.1, -0.05) is 76.6 Å². The number of para-hydroxylation sites is 1. The second-order valence-electron chi connectivity index (χ2n) is 8.52. The third-order valence-corrected chi connectivity index (χ3v) is 7.01. The van der Waals surface area contributed by atoms with Crippen molar-refractivity contribution in [1.29, 1.82) is 0 Å². The number of rotatable bonds is 4. The van der Waals surface area contributed by atoms with Crippen LogP contribution in [0.1, 0.15) is 33.1 Å². The van der Waals surface area contributed by atoms with Crippen molar-refractivity contribution < 1.29 is 9.18 Å². The highest BCUT2D eigenvalue weighted by molar-refractivity contribution is 9.10. The normalized spacial score (nSPS) is 15.2. The highest BCUT2D eigenvalue weighted by atomic mass is 79.9. The molecule has 6 rings (SSSR count). The number of carbonyl (C=O) groups is 1. The van der Waals surface area contributed by atoms with E-state index in [9.17, 15) is 9.18 Å². The highest BCUT2D eigenvalue weighted by Crippen LogP contribution is 2.46. The van der Waals surface area contributed by atoms with E-state index in [0.29, 0.717) is 12.1 Å². The Morgan fingerprint density at radius 3 is 2.35 bits per heavy atom. The first-order valence-corrected chi connectivity index (χ1v) is 11.9. The van der Waals surface area contributed by atoms with Gasteiger partial charge in [-0.25, -0.2) is 4.39 Å². The lowest BCUT2D eigenvalue weighted by molar-refractivity contribution is 0.0737. The fraction of sp³-hybridized carbons (Fsp3) is 0.0690. The van der Waals surface area contributed by atoms with E-state index < -0.39 is 0 Å². The zero-order valence-corrected chi connectivity index (χ0v) is 19.7. The number of nitrogens with one attached hydrogen (secondary N) is 1. The van der Waals surface area contributed by atoms with Gasteiger partial charge in [0.2, 0.25) is 0 Å². The number of aromatic nitrogens is 1. The Balaban J connectivity index is 1.58. The molecule has 0 spiro atoms. The number of hydrogen-bond acceptors (Lipinski definition) is 1. The average Bonchev–Trinajstić information content (AvgIpc) is 3.36. The van der Waals surface area contributed by atoms with Crippen LogP contribution in [0.3, 0.4) is 0 Å². The van der Waals surface area contributed by atoms with E-state index in [1.54, 1.807) is 12.1 Å². The van der Waals surface area contributed by atoms with Crippen LogP contribution >= 0.6 is 15.9 Å². The number of halogens is 2. The summed E-state index contributed by atoms with van der Waals surface area (Å²) in [6.45, 7) is 0.387. The van der Waals surface area contributed by atoms with Gasteiger partial charge in [-0.3, -0.25) is 4.79 Å². The minimum absolute atomic E-state index is 0.0167. The molecule has 34 heavy (non-hydrogen) atoms. The molecular weight excluding hydrogens is 491 g/mol. The lowest BCUT2D eigenvalue weighted by atomic mass is 9.93. The standard InChI is InChI=1S/C29H20BrFN2O/c30-20-13-11-19(12-14-20)27-26(24-7-3-4-8-25(24)32-27)28-22-5-1-2-6-23(22)29(34)33(28)17-18-9-15-21(31)16-10-18/h1-16,28,32H,17H2. The van der Waals surface area contributed by atoms with Crippen LogP contribution in [0.4, 0.5) is 4.39 Å². The third-order valence-electron chi connectivity index (χ3n) is 6.48. The van der Waals surface area contributed by atoms with Crippen molar-refractivity contribution in [2.45, 2.75) is 12.6 Å². The van der Waals surface area contributed by atoms with Crippen LogP contribution in [-0.2, 0) is 6.54 Å². The summed E-state index contributed by atoms with van der Waals surface area (Å²) < 4.78 is 14.6. The van der Waals surface area contributed by atoms with E-state index in [2.05, 4.69) is 45.2 Å². The maximum absolute atomic E-state index is 13.6. The monoisotopic (exact) mass is 510 g/mol. The van der Waals surface area contributed by atoms with Gasteiger partial charge in [-0.15, -0.1) is 0 Å².